The summed E-state index contributed by atoms with van der Waals surface area (Å²) in [7, 11) is 0. The van der Waals surface area contributed by atoms with Crippen LogP contribution in [0.2, 0.25) is 0 Å². The average molecular weight is 247 g/mol. The molecule has 2 aliphatic rings. The molecule has 0 amide bonds. The van der Waals surface area contributed by atoms with Crippen LogP contribution in [0.3, 0.4) is 0 Å². The molecule has 2 unspecified atom stereocenters. The lowest BCUT2D eigenvalue weighted by molar-refractivity contribution is 0.201. The van der Waals surface area contributed by atoms with E-state index < -0.39 is 0 Å². The fraction of sp³-hybridized carbons (Fsp3) is 0.692. The third-order valence-corrected chi connectivity index (χ3v) is 4.10. The van der Waals surface area contributed by atoms with Gasteiger partial charge in [-0.05, 0) is 32.4 Å². The van der Waals surface area contributed by atoms with Crippen molar-refractivity contribution in [3.8, 4) is 0 Å². The van der Waals surface area contributed by atoms with Crippen LogP contribution in [-0.4, -0.2) is 46.6 Å². The molecule has 0 aliphatic carbocycles. The van der Waals surface area contributed by atoms with Crippen LogP contribution in [0.1, 0.15) is 25.5 Å². The SMILES string of the molecule is CC1CN2CCCC2CN1c1nccc(CN)n1. The van der Waals surface area contributed by atoms with Gasteiger partial charge >= 0.3 is 0 Å². The highest BCUT2D eigenvalue weighted by Crippen LogP contribution is 2.26. The zero-order valence-corrected chi connectivity index (χ0v) is 10.9. The Morgan fingerprint density at radius 1 is 1.44 bits per heavy atom. The summed E-state index contributed by atoms with van der Waals surface area (Å²) in [5, 5.41) is 0. The van der Waals surface area contributed by atoms with Crippen molar-refractivity contribution in [3.63, 3.8) is 0 Å². The largest absolute Gasteiger partial charge is 0.335 e. The van der Waals surface area contributed by atoms with Gasteiger partial charge in [-0.1, -0.05) is 0 Å². The molecular formula is C13H21N5. The number of nitrogens with two attached hydrogens (primary N) is 1. The maximum atomic E-state index is 5.65. The molecule has 2 N–H and O–H groups in total. The summed E-state index contributed by atoms with van der Waals surface area (Å²) in [4.78, 5) is 13.9. The van der Waals surface area contributed by atoms with Gasteiger partial charge in [-0.2, -0.15) is 0 Å². The van der Waals surface area contributed by atoms with Crippen molar-refractivity contribution >= 4 is 5.95 Å². The minimum absolute atomic E-state index is 0.479. The lowest BCUT2D eigenvalue weighted by atomic mass is 10.1. The van der Waals surface area contributed by atoms with Crippen molar-refractivity contribution in [3.05, 3.63) is 18.0 Å². The van der Waals surface area contributed by atoms with E-state index in [1.807, 2.05) is 12.3 Å². The highest BCUT2D eigenvalue weighted by molar-refractivity contribution is 5.34. The minimum atomic E-state index is 0.479. The number of hydrogen-bond donors (Lipinski definition) is 1. The van der Waals surface area contributed by atoms with E-state index >= 15 is 0 Å². The van der Waals surface area contributed by atoms with E-state index in [0.29, 0.717) is 18.6 Å². The number of anilines is 1. The molecule has 2 atom stereocenters. The molecule has 0 spiro atoms. The zero-order valence-electron chi connectivity index (χ0n) is 10.9. The number of piperazine rings is 1. The Kier molecular flexibility index (Phi) is 3.18. The summed E-state index contributed by atoms with van der Waals surface area (Å²) in [6, 6.07) is 3.05. The molecular weight excluding hydrogens is 226 g/mol. The predicted octanol–water partition coefficient (Wildman–Crippen LogP) is 0.608. The fourth-order valence-electron chi connectivity index (χ4n) is 3.10. The van der Waals surface area contributed by atoms with E-state index in [0.717, 1.165) is 24.7 Å². The Morgan fingerprint density at radius 2 is 2.33 bits per heavy atom. The molecule has 2 saturated heterocycles. The van der Waals surface area contributed by atoms with Crippen LogP contribution < -0.4 is 10.6 Å². The number of nitrogens with zero attached hydrogens (tertiary/aromatic N) is 4. The van der Waals surface area contributed by atoms with Gasteiger partial charge < -0.3 is 10.6 Å². The van der Waals surface area contributed by atoms with E-state index in [4.69, 9.17) is 5.73 Å². The third-order valence-electron chi connectivity index (χ3n) is 4.10. The molecule has 1 aromatic rings. The van der Waals surface area contributed by atoms with Gasteiger partial charge in [-0.3, -0.25) is 4.90 Å². The van der Waals surface area contributed by atoms with Gasteiger partial charge in [0.15, 0.2) is 0 Å². The number of fused-ring (bicyclic) bond motifs is 1. The maximum absolute atomic E-state index is 5.65. The molecule has 2 fully saturated rings. The molecule has 18 heavy (non-hydrogen) atoms. The van der Waals surface area contributed by atoms with Gasteiger partial charge in [-0.15, -0.1) is 0 Å². The summed E-state index contributed by atoms with van der Waals surface area (Å²) in [5.74, 6) is 0.844. The van der Waals surface area contributed by atoms with E-state index in [1.165, 1.54) is 19.4 Å². The van der Waals surface area contributed by atoms with Crippen LogP contribution in [0.25, 0.3) is 0 Å². The second-order valence-corrected chi connectivity index (χ2v) is 5.34. The highest BCUT2D eigenvalue weighted by atomic mass is 15.4. The second kappa shape index (κ2) is 4.82. The fourth-order valence-corrected chi connectivity index (χ4v) is 3.10. The molecule has 0 bridgehead atoms. The Balaban J connectivity index is 1.81. The number of rotatable bonds is 2. The van der Waals surface area contributed by atoms with E-state index in [-0.39, 0.29) is 0 Å². The smallest absolute Gasteiger partial charge is 0.225 e. The van der Waals surface area contributed by atoms with Crippen LogP contribution in [0.15, 0.2) is 12.3 Å². The van der Waals surface area contributed by atoms with Gasteiger partial charge in [0.2, 0.25) is 5.95 Å². The first kappa shape index (κ1) is 11.9. The molecule has 3 heterocycles. The number of hydrogen-bond acceptors (Lipinski definition) is 5. The summed E-state index contributed by atoms with van der Waals surface area (Å²) in [5.41, 5.74) is 6.57. The van der Waals surface area contributed by atoms with Crippen molar-refractivity contribution in [2.24, 2.45) is 5.73 Å². The second-order valence-electron chi connectivity index (χ2n) is 5.34. The molecule has 3 rings (SSSR count). The molecule has 0 saturated carbocycles. The van der Waals surface area contributed by atoms with E-state index in [2.05, 4.69) is 26.7 Å². The van der Waals surface area contributed by atoms with Crippen LogP contribution in [0.5, 0.6) is 0 Å². The molecule has 1 aromatic heterocycles. The Labute approximate surface area is 108 Å². The van der Waals surface area contributed by atoms with Crippen molar-refractivity contribution in [1.29, 1.82) is 0 Å². The number of aromatic nitrogens is 2. The van der Waals surface area contributed by atoms with Crippen molar-refractivity contribution in [2.75, 3.05) is 24.5 Å². The van der Waals surface area contributed by atoms with Gasteiger partial charge in [0.05, 0.1) is 5.69 Å². The van der Waals surface area contributed by atoms with Crippen LogP contribution in [0.4, 0.5) is 5.95 Å². The van der Waals surface area contributed by atoms with Gasteiger partial charge in [-0.25, -0.2) is 9.97 Å². The molecule has 0 aromatic carbocycles. The average Bonchev–Trinajstić information content (AvgIpc) is 2.85. The Bertz CT molecular complexity index is 422. The van der Waals surface area contributed by atoms with Gasteiger partial charge in [0, 0.05) is 37.9 Å². The van der Waals surface area contributed by atoms with Crippen LogP contribution in [-0.2, 0) is 6.54 Å². The Morgan fingerprint density at radius 3 is 3.17 bits per heavy atom. The van der Waals surface area contributed by atoms with Crippen molar-refractivity contribution in [2.45, 2.75) is 38.4 Å². The van der Waals surface area contributed by atoms with Crippen LogP contribution >= 0.6 is 0 Å². The molecule has 5 nitrogen and oxygen atoms in total. The molecule has 98 valence electrons. The van der Waals surface area contributed by atoms with Crippen molar-refractivity contribution in [1.82, 2.24) is 14.9 Å². The molecule has 5 heteroatoms. The highest BCUT2D eigenvalue weighted by Gasteiger charge is 2.35. The summed E-state index contributed by atoms with van der Waals surface area (Å²) >= 11 is 0. The standard InChI is InChI=1S/C13H21N5/c1-10-8-17-6-2-3-12(17)9-18(10)13-15-5-4-11(7-14)16-13/h4-5,10,12H,2-3,6-9,14H2,1H3. The van der Waals surface area contributed by atoms with Gasteiger partial charge in [0.25, 0.3) is 0 Å². The summed E-state index contributed by atoms with van der Waals surface area (Å²) in [6.07, 6.45) is 4.45. The first-order valence-electron chi connectivity index (χ1n) is 6.80. The quantitative estimate of drug-likeness (QED) is 0.829. The normalized spacial score (nSPS) is 28.4. The summed E-state index contributed by atoms with van der Waals surface area (Å²) in [6.45, 7) is 6.17. The zero-order chi connectivity index (χ0) is 12.5. The first-order valence-corrected chi connectivity index (χ1v) is 6.80. The lowest BCUT2D eigenvalue weighted by Crippen LogP contribution is -2.55. The van der Waals surface area contributed by atoms with Crippen molar-refractivity contribution < 1.29 is 0 Å². The summed E-state index contributed by atoms with van der Waals surface area (Å²) < 4.78 is 0. The minimum Gasteiger partial charge on any atom is -0.335 e. The molecule has 0 radical (unpaired) electrons. The monoisotopic (exact) mass is 247 g/mol. The topological polar surface area (TPSA) is 58.3 Å². The van der Waals surface area contributed by atoms with Gasteiger partial charge in [0.1, 0.15) is 0 Å². The van der Waals surface area contributed by atoms with Crippen LogP contribution in [0, 0.1) is 0 Å². The Hall–Kier alpha value is -1.20. The van der Waals surface area contributed by atoms with E-state index in [9.17, 15) is 0 Å². The third kappa shape index (κ3) is 2.08. The maximum Gasteiger partial charge on any atom is 0.225 e. The first-order chi connectivity index (χ1) is 8.78. The predicted molar refractivity (Wildman–Crippen MR) is 71.3 cm³/mol. The molecule has 2 aliphatic heterocycles. The van der Waals surface area contributed by atoms with E-state index in [1.54, 1.807) is 0 Å². The lowest BCUT2D eigenvalue weighted by Gasteiger charge is -2.42.